The van der Waals surface area contributed by atoms with Crippen LogP contribution in [0.2, 0.25) is 0 Å². The van der Waals surface area contributed by atoms with Crippen molar-refractivity contribution in [2.75, 3.05) is 14.2 Å². The molecule has 1 N–H and O–H groups in total. The molecule has 0 spiro atoms. The predicted molar refractivity (Wildman–Crippen MR) is 72.5 cm³/mol. The number of methoxy groups -OCH3 is 2. The van der Waals surface area contributed by atoms with Gasteiger partial charge in [-0.05, 0) is 6.07 Å². The van der Waals surface area contributed by atoms with E-state index in [4.69, 9.17) is 14.6 Å². The molecule has 0 bridgehead atoms. The Kier molecular flexibility index (Phi) is 4.62. The summed E-state index contributed by atoms with van der Waals surface area (Å²) in [6.45, 7) is 3.74. The normalized spacial score (nSPS) is 11.2. The van der Waals surface area contributed by atoms with Gasteiger partial charge in [0.2, 0.25) is 0 Å². The largest absolute Gasteiger partial charge is 0.497 e. The molecule has 1 rings (SSSR count). The first-order valence-corrected chi connectivity index (χ1v) is 6.25. The SMILES string of the molecule is COc1cc(Br)c(C(C)(C)CC(=O)O)c(OC)c1. The zero-order valence-electron chi connectivity index (χ0n) is 10.9. The molecular formula is C13H17BrO4. The minimum atomic E-state index is -0.843. The van der Waals surface area contributed by atoms with Crippen molar-refractivity contribution in [2.24, 2.45) is 0 Å². The van der Waals surface area contributed by atoms with E-state index in [1.165, 1.54) is 0 Å². The highest BCUT2D eigenvalue weighted by molar-refractivity contribution is 9.10. The highest BCUT2D eigenvalue weighted by Crippen LogP contribution is 2.42. The number of aliphatic carboxylic acids is 1. The van der Waals surface area contributed by atoms with Gasteiger partial charge in [0.15, 0.2) is 0 Å². The van der Waals surface area contributed by atoms with E-state index in [2.05, 4.69) is 15.9 Å². The lowest BCUT2D eigenvalue weighted by Gasteiger charge is -2.27. The molecule has 0 amide bonds. The minimum absolute atomic E-state index is 0.0221. The lowest BCUT2D eigenvalue weighted by Crippen LogP contribution is -2.23. The molecule has 0 aromatic heterocycles. The Balaban J connectivity index is 3.34. The highest BCUT2D eigenvalue weighted by atomic mass is 79.9. The van der Waals surface area contributed by atoms with Crippen LogP contribution in [0.3, 0.4) is 0 Å². The van der Waals surface area contributed by atoms with Gasteiger partial charge in [0, 0.05) is 21.5 Å². The number of benzene rings is 1. The number of carboxylic acid groups (broad SMARTS) is 1. The number of ether oxygens (including phenoxy) is 2. The molecule has 4 nitrogen and oxygen atoms in total. The van der Waals surface area contributed by atoms with Crippen LogP contribution in [0.15, 0.2) is 16.6 Å². The van der Waals surface area contributed by atoms with Gasteiger partial charge in [-0.15, -0.1) is 0 Å². The molecule has 1 aromatic carbocycles. The molecule has 0 saturated carbocycles. The maximum absolute atomic E-state index is 10.9. The monoisotopic (exact) mass is 316 g/mol. The Labute approximate surface area is 115 Å². The molecule has 0 atom stereocenters. The number of halogens is 1. The van der Waals surface area contributed by atoms with Gasteiger partial charge in [0.25, 0.3) is 0 Å². The molecule has 0 unspecified atom stereocenters. The number of rotatable bonds is 5. The van der Waals surface area contributed by atoms with Crippen molar-refractivity contribution < 1.29 is 19.4 Å². The van der Waals surface area contributed by atoms with Gasteiger partial charge in [-0.2, -0.15) is 0 Å². The van der Waals surface area contributed by atoms with Gasteiger partial charge >= 0.3 is 5.97 Å². The summed E-state index contributed by atoms with van der Waals surface area (Å²) < 4.78 is 11.3. The number of carboxylic acids is 1. The molecule has 0 heterocycles. The fraction of sp³-hybridized carbons (Fsp3) is 0.462. The molecule has 5 heteroatoms. The van der Waals surface area contributed by atoms with Crippen molar-refractivity contribution in [3.8, 4) is 11.5 Å². The second kappa shape index (κ2) is 5.61. The summed E-state index contributed by atoms with van der Waals surface area (Å²) in [4.78, 5) is 10.9. The summed E-state index contributed by atoms with van der Waals surface area (Å²) in [5, 5.41) is 8.98. The van der Waals surface area contributed by atoms with E-state index >= 15 is 0 Å². The quantitative estimate of drug-likeness (QED) is 0.906. The van der Waals surface area contributed by atoms with Crippen LogP contribution in [0.4, 0.5) is 0 Å². The van der Waals surface area contributed by atoms with E-state index in [-0.39, 0.29) is 6.42 Å². The molecule has 0 aliphatic rings. The topological polar surface area (TPSA) is 55.8 Å². The van der Waals surface area contributed by atoms with Crippen LogP contribution in [0.5, 0.6) is 11.5 Å². The Hall–Kier alpha value is -1.23. The van der Waals surface area contributed by atoms with Crippen LogP contribution < -0.4 is 9.47 Å². The first-order valence-electron chi connectivity index (χ1n) is 5.45. The molecule has 0 radical (unpaired) electrons. The fourth-order valence-electron chi connectivity index (χ4n) is 1.96. The predicted octanol–water partition coefficient (Wildman–Crippen LogP) is 3.22. The summed E-state index contributed by atoms with van der Waals surface area (Å²) in [6, 6.07) is 3.56. The maximum Gasteiger partial charge on any atom is 0.304 e. The summed E-state index contributed by atoms with van der Waals surface area (Å²) in [6.07, 6.45) is 0.0221. The van der Waals surface area contributed by atoms with Crippen molar-refractivity contribution in [1.29, 1.82) is 0 Å². The van der Waals surface area contributed by atoms with Crippen molar-refractivity contribution in [1.82, 2.24) is 0 Å². The molecule has 0 saturated heterocycles. The van der Waals surface area contributed by atoms with Gasteiger partial charge in [0.05, 0.1) is 20.6 Å². The van der Waals surface area contributed by atoms with Crippen molar-refractivity contribution in [3.05, 3.63) is 22.2 Å². The van der Waals surface area contributed by atoms with Gasteiger partial charge in [0.1, 0.15) is 11.5 Å². The van der Waals surface area contributed by atoms with Crippen molar-refractivity contribution in [2.45, 2.75) is 25.7 Å². The van der Waals surface area contributed by atoms with Gasteiger partial charge in [-0.1, -0.05) is 29.8 Å². The van der Waals surface area contributed by atoms with Gasteiger partial charge in [-0.3, -0.25) is 4.79 Å². The molecule has 0 aliphatic carbocycles. The zero-order chi connectivity index (χ0) is 13.9. The van der Waals surface area contributed by atoms with Crippen molar-refractivity contribution >= 4 is 21.9 Å². The van der Waals surface area contributed by atoms with Crippen LogP contribution in [0, 0.1) is 0 Å². The van der Waals surface area contributed by atoms with Crippen molar-refractivity contribution in [3.63, 3.8) is 0 Å². The number of hydrogen-bond acceptors (Lipinski definition) is 3. The zero-order valence-corrected chi connectivity index (χ0v) is 12.5. The summed E-state index contributed by atoms with van der Waals surface area (Å²) in [7, 11) is 3.13. The molecule has 1 aromatic rings. The average Bonchev–Trinajstić information content (AvgIpc) is 2.25. The number of carbonyl (C=O) groups is 1. The first-order chi connectivity index (χ1) is 8.31. The van der Waals surface area contributed by atoms with E-state index in [1.54, 1.807) is 26.4 Å². The van der Waals surface area contributed by atoms with E-state index in [9.17, 15) is 4.79 Å². The van der Waals surface area contributed by atoms with E-state index in [0.29, 0.717) is 11.5 Å². The third-order valence-electron chi connectivity index (χ3n) is 2.75. The van der Waals surface area contributed by atoms with Crippen LogP contribution in [-0.2, 0) is 10.2 Å². The van der Waals surface area contributed by atoms with E-state index in [0.717, 1.165) is 10.0 Å². The van der Waals surface area contributed by atoms with Gasteiger partial charge < -0.3 is 14.6 Å². The lowest BCUT2D eigenvalue weighted by molar-refractivity contribution is -0.138. The first kappa shape index (κ1) is 14.8. The smallest absolute Gasteiger partial charge is 0.304 e. The Morgan fingerprint density at radius 1 is 1.33 bits per heavy atom. The van der Waals surface area contributed by atoms with E-state index in [1.807, 2.05) is 13.8 Å². The fourth-order valence-corrected chi connectivity index (χ4v) is 2.92. The van der Waals surface area contributed by atoms with Crippen LogP contribution in [0.25, 0.3) is 0 Å². The second-order valence-corrected chi connectivity index (χ2v) is 5.50. The highest BCUT2D eigenvalue weighted by Gasteiger charge is 2.30. The standard InChI is InChI=1S/C13H17BrO4/c1-13(2,7-11(15)16)12-9(14)5-8(17-3)6-10(12)18-4/h5-6H,7H2,1-4H3,(H,15,16). The van der Waals surface area contributed by atoms with Gasteiger partial charge in [-0.25, -0.2) is 0 Å². The average molecular weight is 317 g/mol. The molecule has 18 heavy (non-hydrogen) atoms. The Bertz CT molecular complexity index is 455. The maximum atomic E-state index is 10.9. The molecular weight excluding hydrogens is 300 g/mol. The molecule has 0 fully saturated rings. The third kappa shape index (κ3) is 3.16. The van der Waals surface area contributed by atoms with Crippen LogP contribution >= 0.6 is 15.9 Å². The summed E-state index contributed by atoms with van der Waals surface area (Å²) in [5.74, 6) is 0.436. The number of hydrogen-bond donors (Lipinski definition) is 1. The van der Waals surface area contributed by atoms with Crippen LogP contribution in [-0.4, -0.2) is 25.3 Å². The molecule has 100 valence electrons. The molecule has 0 aliphatic heterocycles. The van der Waals surface area contributed by atoms with E-state index < -0.39 is 11.4 Å². The van der Waals surface area contributed by atoms with Crippen LogP contribution in [0.1, 0.15) is 25.8 Å². The minimum Gasteiger partial charge on any atom is -0.497 e. The summed E-state index contributed by atoms with van der Waals surface area (Å²) in [5.41, 5.74) is 0.288. The Morgan fingerprint density at radius 2 is 1.94 bits per heavy atom. The lowest BCUT2D eigenvalue weighted by atomic mass is 9.81. The Morgan fingerprint density at radius 3 is 2.39 bits per heavy atom. The second-order valence-electron chi connectivity index (χ2n) is 4.64. The third-order valence-corrected chi connectivity index (χ3v) is 3.38. The summed E-state index contributed by atoms with van der Waals surface area (Å²) >= 11 is 3.45.